The van der Waals surface area contributed by atoms with Crippen LogP contribution in [0.1, 0.15) is 30.5 Å². The Balaban J connectivity index is 1.52. The van der Waals surface area contributed by atoms with Gasteiger partial charge in [-0.2, -0.15) is 0 Å². The van der Waals surface area contributed by atoms with Gasteiger partial charge in [-0.25, -0.2) is 4.98 Å². The lowest BCUT2D eigenvalue weighted by Crippen LogP contribution is -2.29. The smallest absolute Gasteiger partial charge is 0.301 e. The fourth-order valence-corrected chi connectivity index (χ4v) is 5.83. The molecule has 40 heavy (non-hydrogen) atoms. The van der Waals surface area contributed by atoms with Gasteiger partial charge in [0.15, 0.2) is 16.6 Å². The van der Waals surface area contributed by atoms with E-state index in [0.29, 0.717) is 64.6 Å². The molecular weight excluding hydrogens is 532 g/mol. The van der Waals surface area contributed by atoms with Crippen molar-refractivity contribution in [2.24, 2.45) is 0 Å². The fraction of sp³-hybridized carbons (Fsp3) is 0.233. The number of rotatable bonds is 7. The summed E-state index contributed by atoms with van der Waals surface area (Å²) < 4.78 is 23.2. The van der Waals surface area contributed by atoms with Crippen LogP contribution in [0.15, 0.2) is 66.2 Å². The molecular formula is C30H26N2O7S. The Bertz CT molecular complexity index is 1660. The van der Waals surface area contributed by atoms with Gasteiger partial charge in [0.25, 0.3) is 5.78 Å². The van der Waals surface area contributed by atoms with Crippen molar-refractivity contribution in [1.82, 2.24) is 4.98 Å². The lowest BCUT2D eigenvalue weighted by molar-refractivity contribution is -0.132. The van der Waals surface area contributed by atoms with E-state index in [2.05, 4.69) is 4.98 Å². The molecule has 1 unspecified atom stereocenters. The van der Waals surface area contributed by atoms with Gasteiger partial charge >= 0.3 is 5.91 Å². The van der Waals surface area contributed by atoms with E-state index in [0.717, 1.165) is 11.1 Å². The monoisotopic (exact) mass is 558 g/mol. The number of fused-ring (bicyclic) bond motifs is 2. The Hall–Kier alpha value is -4.57. The molecule has 0 radical (unpaired) electrons. The summed E-state index contributed by atoms with van der Waals surface area (Å²) >= 11 is 1.26. The summed E-state index contributed by atoms with van der Waals surface area (Å²) in [6.45, 7) is 3.32. The largest absolute Gasteiger partial charge is 0.507 e. The number of anilines is 1. The summed E-state index contributed by atoms with van der Waals surface area (Å²) in [4.78, 5) is 33.3. The van der Waals surface area contributed by atoms with E-state index in [1.807, 2.05) is 19.1 Å². The first-order valence-electron chi connectivity index (χ1n) is 12.9. The zero-order valence-electron chi connectivity index (χ0n) is 21.9. The normalized spacial score (nSPS) is 17.9. The molecule has 3 aromatic carbocycles. The van der Waals surface area contributed by atoms with Crippen LogP contribution < -0.4 is 23.8 Å². The average Bonchev–Trinajstić information content (AvgIpc) is 3.52. The molecule has 1 N–H and O–H groups in total. The second-order valence-corrected chi connectivity index (χ2v) is 10.3. The summed E-state index contributed by atoms with van der Waals surface area (Å²) in [5, 5.41) is 11.9. The van der Waals surface area contributed by atoms with E-state index in [1.54, 1.807) is 55.6 Å². The first kappa shape index (κ1) is 25.7. The minimum Gasteiger partial charge on any atom is -0.507 e. The minimum absolute atomic E-state index is 0.0499. The van der Waals surface area contributed by atoms with E-state index in [1.165, 1.54) is 16.2 Å². The number of hydrogen-bond acceptors (Lipinski definition) is 9. The summed E-state index contributed by atoms with van der Waals surface area (Å²) in [5.41, 5.74) is 1.54. The van der Waals surface area contributed by atoms with Crippen LogP contribution in [0.5, 0.6) is 23.0 Å². The van der Waals surface area contributed by atoms with Crippen molar-refractivity contribution in [3.8, 4) is 23.0 Å². The molecule has 2 aliphatic rings. The number of hydrogen-bond donors (Lipinski definition) is 1. The molecule has 0 aliphatic carbocycles. The number of amides is 1. The van der Waals surface area contributed by atoms with Crippen molar-refractivity contribution in [3.63, 3.8) is 0 Å². The van der Waals surface area contributed by atoms with Gasteiger partial charge in [-0.1, -0.05) is 30.4 Å². The summed E-state index contributed by atoms with van der Waals surface area (Å²) in [6.07, 6.45) is 0.821. The van der Waals surface area contributed by atoms with Gasteiger partial charge < -0.3 is 24.1 Å². The molecule has 6 rings (SSSR count). The van der Waals surface area contributed by atoms with Crippen LogP contribution in [0.2, 0.25) is 0 Å². The Labute approximate surface area is 234 Å². The zero-order valence-corrected chi connectivity index (χ0v) is 22.7. The molecule has 1 aromatic heterocycles. The maximum atomic E-state index is 13.6. The van der Waals surface area contributed by atoms with Crippen molar-refractivity contribution in [3.05, 3.63) is 77.4 Å². The molecule has 10 heteroatoms. The molecule has 1 amide bonds. The van der Waals surface area contributed by atoms with E-state index >= 15 is 0 Å². The van der Waals surface area contributed by atoms with Crippen LogP contribution in [-0.4, -0.2) is 48.7 Å². The molecule has 3 heterocycles. The Kier molecular flexibility index (Phi) is 6.77. The summed E-state index contributed by atoms with van der Waals surface area (Å²) in [7, 11) is 1.58. The fourth-order valence-electron chi connectivity index (χ4n) is 4.81. The zero-order chi connectivity index (χ0) is 27.8. The first-order valence-corrected chi connectivity index (χ1v) is 13.7. The van der Waals surface area contributed by atoms with E-state index in [-0.39, 0.29) is 11.3 Å². The number of carbonyl (C=O) groups is 2. The maximum absolute atomic E-state index is 13.6. The van der Waals surface area contributed by atoms with Crippen molar-refractivity contribution < 1.29 is 33.6 Å². The number of aromatic nitrogens is 1. The highest BCUT2D eigenvalue weighted by molar-refractivity contribution is 7.22. The van der Waals surface area contributed by atoms with Gasteiger partial charge in [0.1, 0.15) is 30.5 Å². The number of ketones is 1. The van der Waals surface area contributed by atoms with Crippen molar-refractivity contribution in [2.75, 3.05) is 31.8 Å². The minimum atomic E-state index is -0.944. The van der Waals surface area contributed by atoms with Crippen LogP contribution in [0, 0.1) is 0 Å². The van der Waals surface area contributed by atoms with Gasteiger partial charge in [-0.3, -0.25) is 14.5 Å². The third kappa shape index (κ3) is 4.50. The predicted octanol–water partition coefficient (Wildman–Crippen LogP) is 5.49. The number of aliphatic hydroxyl groups is 1. The molecule has 1 saturated heterocycles. The SMILES string of the molecule is CCCOc1cccc(C2/C(=C(\O)c3ccc4c(c3)OCCO4)C(=O)C(=O)N2c2nc3ccc(OC)cc3s2)c1. The molecule has 0 bridgehead atoms. The maximum Gasteiger partial charge on any atom is 0.301 e. The van der Waals surface area contributed by atoms with Crippen LogP contribution >= 0.6 is 11.3 Å². The Morgan fingerprint density at radius 3 is 2.67 bits per heavy atom. The van der Waals surface area contributed by atoms with E-state index in [9.17, 15) is 14.7 Å². The second-order valence-electron chi connectivity index (χ2n) is 9.28. The highest BCUT2D eigenvalue weighted by Gasteiger charge is 2.48. The summed E-state index contributed by atoms with van der Waals surface area (Å²) in [6, 6.07) is 16.6. The first-order chi connectivity index (χ1) is 19.5. The van der Waals surface area contributed by atoms with Crippen molar-refractivity contribution in [2.45, 2.75) is 19.4 Å². The Morgan fingerprint density at radius 1 is 1.05 bits per heavy atom. The topological polar surface area (TPSA) is 107 Å². The van der Waals surface area contributed by atoms with E-state index < -0.39 is 17.7 Å². The van der Waals surface area contributed by atoms with Gasteiger partial charge in [0.2, 0.25) is 0 Å². The number of nitrogens with zero attached hydrogens (tertiary/aromatic N) is 2. The van der Waals surface area contributed by atoms with Crippen molar-refractivity contribution in [1.29, 1.82) is 0 Å². The van der Waals surface area contributed by atoms with Crippen LogP contribution in [0.25, 0.3) is 16.0 Å². The third-order valence-electron chi connectivity index (χ3n) is 6.70. The molecule has 9 nitrogen and oxygen atoms in total. The van der Waals surface area contributed by atoms with Crippen LogP contribution in [-0.2, 0) is 9.59 Å². The van der Waals surface area contributed by atoms with Gasteiger partial charge in [0, 0.05) is 5.56 Å². The molecule has 0 saturated carbocycles. The molecule has 1 fully saturated rings. The van der Waals surface area contributed by atoms with Gasteiger partial charge in [0.05, 0.1) is 35.5 Å². The van der Waals surface area contributed by atoms with Gasteiger partial charge in [-0.05, 0) is 60.5 Å². The Morgan fingerprint density at radius 2 is 1.88 bits per heavy atom. The molecule has 1 atom stereocenters. The molecule has 204 valence electrons. The second kappa shape index (κ2) is 10.5. The van der Waals surface area contributed by atoms with Crippen LogP contribution in [0.3, 0.4) is 0 Å². The number of thiazole rings is 1. The molecule has 4 aromatic rings. The van der Waals surface area contributed by atoms with Crippen molar-refractivity contribution >= 4 is 44.1 Å². The number of Topliss-reactive ketones (excluding diaryl/α,β-unsaturated/α-hetero) is 1. The quantitative estimate of drug-likeness (QED) is 0.180. The number of ether oxygens (including phenoxy) is 4. The lowest BCUT2D eigenvalue weighted by atomic mass is 9.95. The number of aliphatic hydroxyl groups excluding tert-OH is 1. The number of carbonyl (C=O) groups excluding carboxylic acids is 2. The highest BCUT2D eigenvalue weighted by atomic mass is 32.1. The predicted molar refractivity (Wildman–Crippen MR) is 151 cm³/mol. The summed E-state index contributed by atoms with van der Waals surface area (Å²) in [5.74, 6) is 0.343. The highest BCUT2D eigenvalue weighted by Crippen LogP contribution is 2.45. The average molecular weight is 559 g/mol. The standard InChI is InChI=1S/C30H26N2O7S/c1-3-11-37-20-6-4-5-17(14-20)26-25(27(33)18-7-10-22-23(15-18)39-13-12-38-22)28(34)29(35)32(26)30-31-21-9-8-19(36-2)16-24(21)40-30/h4-10,14-16,26,33H,3,11-13H2,1-2H3/b27-25+. The van der Waals surface area contributed by atoms with E-state index in [4.69, 9.17) is 18.9 Å². The molecule has 2 aliphatic heterocycles. The lowest BCUT2D eigenvalue weighted by Gasteiger charge is -2.23. The molecule has 0 spiro atoms. The van der Waals surface area contributed by atoms with Gasteiger partial charge in [-0.15, -0.1) is 0 Å². The van der Waals surface area contributed by atoms with Crippen LogP contribution in [0.4, 0.5) is 5.13 Å². The number of methoxy groups -OCH3 is 1. The third-order valence-corrected chi connectivity index (χ3v) is 7.71. The number of benzene rings is 3.